The van der Waals surface area contributed by atoms with Crippen LogP contribution in [-0.2, 0) is 0 Å². The Bertz CT molecular complexity index is 991. The van der Waals surface area contributed by atoms with Crippen LogP contribution in [0.25, 0.3) is 11.1 Å². The third kappa shape index (κ3) is 4.27. The highest BCUT2D eigenvalue weighted by atomic mass is 15.1. The van der Waals surface area contributed by atoms with Gasteiger partial charge in [0.25, 0.3) is 0 Å². The highest BCUT2D eigenvalue weighted by Gasteiger charge is 2.18. The molecule has 0 saturated heterocycles. The minimum absolute atomic E-state index is 1.07. The van der Waals surface area contributed by atoms with Gasteiger partial charge in [-0.05, 0) is 37.1 Å². The SMILES string of the molecule is CCCCCCCN1C=C/C(=C/C=C2/C(C)=Nc3ccccc32)c2ccccc21. The summed E-state index contributed by atoms with van der Waals surface area (Å²) in [7, 11) is 0. The van der Waals surface area contributed by atoms with E-state index < -0.39 is 0 Å². The van der Waals surface area contributed by atoms with Gasteiger partial charge >= 0.3 is 0 Å². The fourth-order valence-corrected chi connectivity index (χ4v) is 4.15. The summed E-state index contributed by atoms with van der Waals surface area (Å²) in [6.45, 7) is 5.45. The van der Waals surface area contributed by atoms with Crippen LogP contribution in [0.5, 0.6) is 0 Å². The Labute approximate surface area is 175 Å². The third-order valence-corrected chi connectivity index (χ3v) is 5.76. The molecular weight excluding hydrogens is 352 g/mol. The van der Waals surface area contributed by atoms with Gasteiger partial charge in [-0.15, -0.1) is 0 Å². The normalized spacial score (nSPS) is 17.6. The molecule has 29 heavy (non-hydrogen) atoms. The Morgan fingerprint density at radius 3 is 2.48 bits per heavy atom. The summed E-state index contributed by atoms with van der Waals surface area (Å²) in [5.41, 5.74) is 8.48. The van der Waals surface area contributed by atoms with Crippen molar-refractivity contribution in [2.45, 2.75) is 46.0 Å². The number of para-hydroxylation sites is 2. The number of benzene rings is 2. The molecule has 2 aromatic rings. The first-order valence-electron chi connectivity index (χ1n) is 10.9. The standard InChI is InChI=1S/C27H30N2/c1-3-4-5-6-11-19-29-20-18-22(24-12-8-10-15-27(24)29)16-17-23-21(2)28-26-14-9-7-13-25(23)26/h7-10,12-18,20H,3-6,11,19H2,1-2H3/b22-16-,23-17-. The molecule has 0 aromatic heterocycles. The molecule has 2 aliphatic rings. The monoisotopic (exact) mass is 382 g/mol. The number of nitrogens with zero attached hydrogens (tertiary/aromatic N) is 2. The van der Waals surface area contributed by atoms with Gasteiger partial charge < -0.3 is 4.90 Å². The summed E-state index contributed by atoms with van der Waals surface area (Å²) in [6.07, 6.45) is 15.5. The van der Waals surface area contributed by atoms with Gasteiger partial charge in [-0.2, -0.15) is 0 Å². The van der Waals surface area contributed by atoms with Gasteiger partial charge in [0.15, 0.2) is 0 Å². The van der Waals surface area contributed by atoms with Gasteiger partial charge in [0.1, 0.15) is 0 Å². The van der Waals surface area contributed by atoms with Crippen LogP contribution in [0.2, 0.25) is 0 Å². The van der Waals surface area contributed by atoms with Gasteiger partial charge in [-0.1, -0.05) is 81.2 Å². The van der Waals surface area contributed by atoms with Crippen LogP contribution >= 0.6 is 0 Å². The summed E-state index contributed by atoms with van der Waals surface area (Å²) >= 11 is 0. The Morgan fingerprint density at radius 2 is 1.62 bits per heavy atom. The van der Waals surface area contributed by atoms with Crippen molar-refractivity contribution >= 4 is 28.2 Å². The van der Waals surface area contributed by atoms with Crippen LogP contribution in [0, 0.1) is 0 Å². The van der Waals surface area contributed by atoms with Crippen molar-refractivity contribution in [1.82, 2.24) is 0 Å². The summed E-state index contributed by atoms with van der Waals surface area (Å²) in [5, 5.41) is 0. The molecule has 0 radical (unpaired) electrons. The quantitative estimate of drug-likeness (QED) is 0.451. The average Bonchev–Trinajstić information content (AvgIpc) is 3.07. The van der Waals surface area contributed by atoms with Crippen molar-refractivity contribution in [3.63, 3.8) is 0 Å². The maximum atomic E-state index is 4.70. The predicted octanol–water partition coefficient (Wildman–Crippen LogP) is 7.56. The van der Waals surface area contributed by atoms with E-state index in [9.17, 15) is 0 Å². The molecule has 2 heteroatoms. The minimum Gasteiger partial charge on any atom is -0.347 e. The zero-order valence-corrected chi connectivity index (χ0v) is 17.6. The Morgan fingerprint density at radius 1 is 0.862 bits per heavy atom. The number of hydrogen-bond acceptors (Lipinski definition) is 2. The van der Waals surface area contributed by atoms with E-state index >= 15 is 0 Å². The first-order chi connectivity index (χ1) is 14.3. The second-order valence-corrected chi connectivity index (χ2v) is 7.86. The molecule has 4 rings (SSSR count). The number of unbranched alkanes of at least 4 members (excludes halogenated alkanes) is 4. The zero-order valence-electron chi connectivity index (χ0n) is 17.6. The van der Waals surface area contributed by atoms with E-state index in [1.165, 1.54) is 60.1 Å². The topological polar surface area (TPSA) is 15.6 Å². The van der Waals surface area contributed by atoms with Crippen molar-refractivity contribution in [3.8, 4) is 0 Å². The summed E-state index contributed by atoms with van der Waals surface area (Å²) in [6, 6.07) is 17.1. The molecule has 0 N–H and O–H groups in total. The van der Waals surface area contributed by atoms with Gasteiger partial charge in [0.05, 0.1) is 5.69 Å². The van der Waals surface area contributed by atoms with E-state index in [1.807, 2.05) is 6.07 Å². The molecular formula is C27H30N2. The zero-order chi connectivity index (χ0) is 20.1. The first kappa shape index (κ1) is 19.4. The van der Waals surface area contributed by atoms with Crippen molar-refractivity contribution in [1.29, 1.82) is 0 Å². The van der Waals surface area contributed by atoms with E-state index in [0.717, 1.165) is 17.9 Å². The fourth-order valence-electron chi connectivity index (χ4n) is 4.15. The van der Waals surface area contributed by atoms with Gasteiger partial charge in [-0.25, -0.2) is 0 Å². The molecule has 2 aliphatic heterocycles. The number of anilines is 1. The lowest BCUT2D eigenvalue weighted by Crippen LogP contribution is -2.21. The molecule has 148 valence electrons. The first-order valence-corrected chi connectivity index (χ1v) is 10.9. The van der Waals surface area contributed by atoms with E-state index in [0.29, 0.717) is 0 Å². The molecule has 2 aromatic carbocycles. The smallest absolute Gasteiger partial charge is 0.0712 e. The highest BCUT2D eigenvalue weighted by Crippen LogP contribution is 2.36. The molecule has 0 aliphatic carbocycles. The Balaban J connectivity index is 1.55. The highest BCUT2D eigenvalue weighted by molar-refractivity contribution is 6.28. The largest absolute Gasteiger partial charge is 0.347 e. The van der Waals surface area contributed by atoms with Gasteiger partial charge in [0, 0.05) is 40.8 Å². The molecule has 0 saturated carbocycles. The lowest BCUT2D eigenvalue weighted by atomic mass is 9.97. The molecule has 2 nitrogen and oxygen atoms in total. The summed E-state index contributed by atoms with van der Waals surface area (Å²) in [5.74, 6) is 0. The number of allylic oxidation sites excluding steroid dienone is 5. The predicted molar refractivity (Wildman–Crippen MR) is 127 cm³/mol. The third-order valence-electron chi connectivity index (χ3n) is 5.76. The van der Waals surface area contributed by atoms with E-state index in [4.69, 9.17) is 4.99 Å². The van der Waals surface area contributed by atoms with Crippen LogP contribution in [0.1, 0.15) is 57.1 Å². The number of rotatable bonds is 7. The molecule has 0 bridgehead atoms. The number of aliphatic imine (C=N–C) groups is 1. The van der Waals surface area contributed by atoms with Crippen molar-refractivity contribution in [2.75, 3.05) is 11.4 Å². The summed E-state index contributed by atoms with van der Waals surface area (Å²) in [4.78, 5) is 7.11. The molecule has 0 unspecified atom stereocenters. The van der Waals surface area contributed by atoms with E-state index in [1.54, 1.807) is 0 Å². The second-order valence-electron chi connectivity index (χ2n) is 7.86. The minimum atomic E-state index is 1.07. The summed E-state index contributed by atoms with van der Waals surface area (Å²) < 4.78 is 0. The maximum Gasteiger partial charge on any atom is 0.0712 e. The van der Waals surface area contributed by atoms with Crippen molar-refractivity contribution < 1.29 is 0 Å². The van der Waals surface area contributed by atoms with Crippen LogP contribution in [0.4, 0.5) is 11.4 Å². The Kier molecular flexibility index (Phi) is 6.09. The molecule has 0 atom stereocenters. The van der Waals surface area contributed by atoms with Crippen LogP contribution in [0.3, 0.4) is 0 Å². The van der Waals surface area contributed by atoms with E-state index in [2.05, 4.69) is 85.6 Å². The molecule has 2 heterocycles. The lowest BCUT2D eigenvalue weighted by molar-refractivity contribution is 0.633. The maximum absolute atomic E-state index is 4.70. The van der Waals surface area contributed by atoms with Crippen molar-refractivity contribution in [3.05, 3.63) is 84.1 Å². The Hall–Kier alpha value is -2.87. The number of hydrogen-bond donors (Lipinski definition) is 0. The lowest BCUT2D eigenvalue weighted by Gasteiger charge is -2.27. The number of fused-ring (bicyclic) bond motifs is 2. The fraction of sp³-hybridized carbons (Fsp3) is 0.296. The molecule has 0 fully saturated rings. The van der Waals surface area contributed by atoms with Crippen molar-refractivity contribution in [2.24, 2.45) is 4.99 Å². The van der Waals surface area contributed by atoms with Crippen LogP contribution < -0.4 is 4.90 Å². The average molecular weight is 383 g/mol. The van der Waals surface area contributed by atoms with Crippen LogP contribution in [0.15, 0.2) is 78.0 Å². The van der Waals surface area contributed by atoms with Crippen LogP contribution in [-0.4, -0.2) is 12.3 Å². The van der Waals surface area contributed by atoms with Gasteiger partial charge in [0.2, 0.25) is 0 Å². The molecule has 0 spiro atoms. The van der Waals surface area contributed by atoms with Gasteiger partial charge in [-0.3, -0.25) is 4.99 Å². The van der Waals surface area contributed by atoms with E-state index in [-0.39, 0.29) is 0 Å². The molecule has 0 amide bonds. The second kappa shape index (κ2) is 9.09.